The van der Waals surface area contributed by atoms with E-state index in [1.807, 2.05) is 0 Å². The van der Waals surface area contributed by atoms with E-state index in [2.05, 4.69) is 16.7 Å². The number of piperidine rings is 1. The highest BCUT2D eigenvalue weighted by Gasteiger charge is 2.12. The van der Waals surface area contributed by atoms with E-state index in [1.54, 1.807) is 5.57 Å². The summed E-state index contributed by atoms with van der Waals surface area (Å²) in [5.74, 6) is 0. The highest BCUT2D eigenvalue weighted by molar-refractivity contribution is 5.07. The standard InChI is InChI=1S/C12H22N2/c1-2-4-11(3-1)5-10-14-12-6-8-13-9-7-12/h3,12-14H,1-2,4-10H2. The van der Waals surface area contributed by atoms with E-state index in [0.717, 1.165) is 6.04 Å². The van der Waals surface area contributed by atoms with Gasteiger partial charge in [-0.15, -0.1) is 0 Å². The number of hydrogen-bond acceptors (Lipinski definition) is 2. The Bertz CT molecular complexity index is 192. The molecule has 1 heterocycles. The molecule has 2 aliphatic rings. The molecular weight excluding hydrogens is 172 g/mol. The van der Waals surface area contributed by atoms with E-state index in [0.29, 0.717) is 0 Å². The van der Waals surface area contributed by atoms with Gasteiger partial charge in [0, 0.05) is 6.04 Å². The molecule has 0 aromatic rings. The Morgan fingerprint density at radius 1 is 1.36 bits per heavy atom. The molecule has 1 saturated heterocycles. The summed E-state index contributed by atoms with van der Waals surface area (Å²) < 4.78 is 0. The summed E-state index contributed by atoms with van der Waals surface area (Å²) >= 11 is 0. The van der Waals surface area contributed by atoms with Crippen LogP contribution in [-0.4, -0.2) is 25.7 Å². The highest BCUT2D eigenvalue weighted by atomic mass is 15.0. The third kappa shape index (κ3) is 3.10. The van der Waals surface area contributed by atoms with Crippen molar-refractivity contribution in [3.63, 3.8) is 0 Å². The van der Waals surface area contributed by atoms with Gasteiger partial charge < -0.3 is 10.6 Å². The van der Waals surface area contributed by atoms with Crippen LogP contribution in [0.3, 0.4) is 0 Å². The maximum absolute atomic E-state index is 3.67. The Morgan fingerprint density at radius 3 is 2.93 bits per heavy atom. The minimum Gasteiger partial charge on any atom is -0.317 e. The first kappa shape index (κ1) is 10.2. The van der Waals surface area contributed by atoms with E-state index in [1.165, 1.54) is 58.2 Å². The summed E-state index contributed by atoms with van der Waals surface area (Å²) in [6.07, 6.45) is 10.4. The molecule has 0 atom stereocenters. The Hall–Kier alpha value is -0.340. The molecule has 0 aromatic carbocycles. The summed E-state index contributed by atoms with van der Waals surface area (Å²) in [5.41, 5.74) is 1.69. The SMILES string of the molecule is C1=C(CCNC2CCNCC2)CCC1. The highest BCUT2D eigenvalue weighted by Crippen LogP contribution is 2.19. The van der Waals surface area contributed by atoms with Gasteiger partial charge in [-0.3, -0.25) is 0 Å². The first-order valence-electron chi connectivity index (χ1n) is 6.07. The fourth-order valence-electron chi connectivity index (χ4n) is 2.43. The zero-order valence-corrected chi connectivity index (χ0v) is 9.02. The van der Waals surface area contributed by atoms with Crippen molar-refractivity contribution >= 4 is 0 Å². The molecule has 1 aliphatic heterocycles. The van der Waals surface area contributed by atoms with Crippen molar-refractivity contribution in [1.29, 1.82) is 0 Å². The van der Waals surface area contributed by atoms with Gasteiger partial charge >= 0.3 is 0 Å². The van der Waals surface area contributed by atoms with E-state index < -0.39 is 0 Å². The Kier molecular flexibility index (Phi) is 4.02. The molecule has 0 saturated carbocycles. The summed E-state index contributed by atoms with van der Waals surface area (Å²) in [5, 5.41) is 7.06. The first-order valence-corrected chi connectivity index (χ1v) is 6.07. The van der Waals surface area contributed by atoms with Crippen LogP contribution in [0.25, 0.3) is 0 Å². The molecule has 0 unspecified atom stereocenters. The van der Waals surface area contributed by atoms with Gasteiger partial charge in [-0.05, 0) is 58.2 Å². The summed E-state index contributed by atoms with van der Waals surface area (Å²) in [4.78, 5) is 0. The molecular formula is C12H22N2. The van der Waals surface area contributed by atoms with Crippen LogP contribution in [0.1, 0.15) is 38.5 Å². The normalized spacial score (nSPS) is 23.9. The lowest BCUT2D eigenvalue weighted by Crippen LogP contribution is -2.40. The van der Waals surface area contributed by atoms with Crippen molar-refractivity contribution < 1.29 is 0 Å². The lowest BCUT2D eigenvalue weighted by atomic mass is 10.1. The van der Waals surface area contributed by atoms with Crippen molar-refractivity contribution in [1.82, 2.24) is 10.6 Å². The van der Waals surface area contributed by atoms with Gasteiger partial charge in [0.25, 0.3) is 0 Å². The van der Waals surface area contributed by atoms with Crippen molar-refractivity contribution in [2.24, 2.45) is 0 Å². The lowest BCUT2D eigenvalue weighted by Gasteiger charge is -2.23. The van der Waals surface area contributed by atoms with Gasteiger partial charge in [-0.2, -0.15) is 0 Å². The molecule has 0 aromatic heterocycles. The Labute approximate surface area is 87.2 Å². The van der Waals surface area contributed by atoms with Crippen LogP contribution in [0.5, 0.6) is 0 Å². The second-order valence-corrected chi connectivity index (χ2v) is 4.48. The van der Waals surface area contributed by atoms with Gasteiger partial charge in [0.15, 0.2) is 0 Å². The van der Waals surface area contributed by atoms with Gasteiger partial charge in [0.1, 0.15) is 0 Å². The van der Waals surface area contributed by atoms with Crippen LogP contribution in [0.4, 0.5) is 0 Å². The molecule has 2 nitrogen and oxygen atoms in total. The summed E-state index contributed by atoms with van der Waals surface area (Å²) in [6, 6.07) is 0.776. The maximum Gasteiger partial charge on any atom is 0.00913 e. The number of allylic oxidation sites excluding steroid dienone is 1. The van der Waals surface area contributed by atoms with Crippen molar-refractivity contribution in [3.05, 3.63) is 11.6 Å². The molecule has 0 amide bonds. The van der Waals surface area contributed by atoms with Crippen LogP contribution in [0.2, 0.25) is 0 Å². The molecule has 14 heavy (non-hydrogen) atoms. The van der Waals surface area contributed by atoms with E-state index >= 15 is 0 Å². The average Bonchev–Trinajstić information content (AvgIpc) is 2.72. The minimum atomic E-state index is 0.776. The van der Waals surface area contributed by atoms with Crippen LogP contribution < -0.4 is 10.6 Å². The van der Waals surface area contributed by atoms with Gasteiger partial charge in [0.2, 0.25) is 0 Å². The zero-order valence-electron chi connectivity index (χ0n) is 9.02. The third-order valence-electron chi connectivity index (χ3n) is 3.35. The van der Waals surface area contributed by atoms with Crippen LogP contribution in [0.15, 0.2) is 11.6 Å². The van der Waals surface area contributed by atoms with E-state index in [-0.39, 0.29) is 0 Å². The number of hydrogen-bond donors (Lipinski definition) is 2. The first-order chi connectivity index (χ1) is 6.95. The smallest absolute Gasteiger partial charge is 0.00913 e. The predicted molar refractivity (Wildman–Crippen MR) is 60.4 cm³/mol. The van der Waals surface area contributed by atoms with Crippen LogP contribution >= 0.6 is 0 Å². The summed E-state index contributed by atoms with van der Waals surface area (Å²) in [7, 11) is 0. The fraction of sp³-hybridized carbons (Fsp3) is 0.833. The Morgan fingerprint density at radius 2 is 2.21 bits per heavy atom. The molecule has 1 aliphatic carbocycles. The molecule has 0 spiro atoms. The number of nitrogens with one attached hydrogen (secondary N) is 2. The molecule has 1 fully saturated rings. The zero-order chi connectivity index (χ0) is 9.64. The van der Waals surface area contributed by atoms with Gasteiger partial charge in [-0.1, -0.05) is 11.6 Å². The summed E-state index contributed by atoms with van der Waals surface area (Å²) in [6.45, 7) is 3.58. The second kappa shape index (κ2) is 5.52. The molecule has 2 N–H and O–H groups in total. The molecule has 0 radical (unpaired) electrons. The topological polar surface area (TPSA) is 24.1 Å². The monoisotopic (exact) mass is 194 g/mol. The quantitative estimate of drug-likeness (QED) is 0.667. The largest absolute Gasteiger partial charge is 0.317 e. The minimum absolute atomic E-state index is 0.776. The van der Waals surface area contributed by atoms with Crippen LogP contribution in [0, 0.1) is 0 Å². The van der Waals surface area contributed by atoms with Crippen LogP contribution in [-0.2, 0) is 0 Å². The lowest BCUT2D eigenvalue weighted by molar-refractivity contribution is 0.389. The molecule has 2 heteroatoms. The van der Waals surface area contributed by atoms with E-state index in [9.17, 15) is 0 Å². The average molecular weight is 194 g/mol. The van der Waals surface area contributed by atoms with E-state index in [4.69, 9.17) is 0 Å². The number of rotatable bonds is 4. The Balaban J connectivity index is 1.57. The third-order valence-corrected chi connectivity index (χ3v) is 3.35. The molecule has 0 bridgehead atoms. The van der Waals surface area contributed by atoms with Crippen molar-refractivity contribution in [2.45, 2.75) is 44.6 Å². The predicted octanol–water partition coefficient (Wildman–Crippen LogP) is 1.83. The maximum atomic E-state index is 3.67. The van der Waals surface area contributed by atoms with Gasteiger partial charge in [-0.25, -0.2) is 0 Å². The molecule has 2 rings (SSSR count). The second-order valence-electron chi connectivity index (χ2n) is 4.48. The van der Waals surface area contributed by atoms with Crippen molar-refractivity contribution in [3.8, 4) is 0 Å². The molecule has 80 valence electrons. The fourth-order valence-corrected chi connectivity index (χ4v) is 2.43. The van der Waals surface area contributed by atoms with Crippen molar-refractivity contribution in [2.75, 3.05) is 19.6 Å². The van der Waals surface area contributed by atoms with Gasteiger partial charge in [0.05, 0.1) is 0 Å².